The number of rotatable bonds is 4. The van der Waals surface area contributed by atoms with Gasteiger partial charge in [0.2, 0.25) is 0 Å². The lowest BCUT2D eigenvalue weighted by Crippen LogP contribution is -2.19. The molecule has 1 N–H and O–H groups in total. The number of hydrazone groups is 1. The van der Waals surface area contributed by atoms with Gasteiger partial charge in [0.05, 0.1) is 18.0 Å². The largest absolute Gasteiger partial charge is 0.369 e. The van der Waals surface area contributed by atoms with Gasteiger partial charge in [-0.2, -0.15) is 10.4 Å². The molecule has 1 aliphatic heterocycles. The average Bonchev–Trinajstić information content (AvgIpc) is 2.93. The van der Waals surface area contributed by atoms with Crippen LogP contribution in [0.2, 0.25) is 0 Å². The summed E-state index contributed by atoms with van der Waals surface area (Å²) in [4.78, 5) is 13.0. The molecule has 2 rings (SSSR count). The maximum absolute atomic E-state index is 14.0. The predicted molar refractivity (Wildman–Crippen MR) is 73.8 cm³/mol. The third-order valence-electron chi connectivity index (χ3n) is 3.06. The maximum atomic E-state index is 14.0. The molecule has 1 saturated heterocycles. The number of hydrogen-bond acceptors (Lipinski definition) is 4. The molecule has 1 aliphatic rings. The van der Waals surface area contributed by atoms with Crippen LogP contribution in [-0.2, 0) is 4.79 Å². The lowest BCUT2D eigenvalue weighted by Gasteiger charge is -2.18. The molecule has 1 aromatic rings. The number of anilines is 1. The number of carbonyl (C=O) groups excluding carboxylic acids is 1. The number of benzene rings is 1. The van der Waals surface area contributed by atoms with E-state index in [4.69, 9.17) is 5.26 Å². The Morgan fingerprint density at radius 3 is 2.90 bits per heavy atom. The van der Waals surface area contributed by atoms with Crippen molar-refractivity contribution < 1.29 is 9.18 Å². The molecular formula is C14H15FN4O. The first-order chi connectivity index (χ1) is 9.70. The third kappa shape index (κ3) is 3.54. The molecule has 1 heterocycles. The van der Waals surface area contributed by atoms with Gasteiger partial charge in [-0.15, -0.1) is 0 Å². The van der Waals surface area contributed by atoms with Crippen LogP contribution in [0.15, 0.2) is 23.3 Å². The fourth-order valence-electron chi connectivity index (χ4n) is 2.11. The number of halogens is 1. The molecule has 1 aromatic carbocycles. The van der Waals surface area contributed by atoms with Gasteiger partial charge in [0.1, 0.15) is 12.2 Å². The Morgan fingerprint density at radius 1 is 1.50 bits per heavy atom. The molecule has 104 valence electrons. The highest BCUT2D eigenvalue weighted by molar-refractivity contribution is 5.83. The van der Waals surface area contributed by atoms with Crippen molar-refractivity contribution in [2.45, 2.75) is 19.3 Å². The van der Waals surface area contributed by atoms with Crippen molar-refractivity contribution in [1.29, 1.82) is 5.26 Å². The summed E-state index contributed by atoms with van der Waals surface area (Å²) in [5, 5.41) is 12.0. The number of nitrogens with zero attached hydrogens (tertiary/aromatic N) is 3. The predicted octanol–water partition coefficient (Wildman–Crippen LogP) is 1.79. The zero-order valence-corrected chi connectivity index (χ0v) is 11.0. The topological polar surface area (TPSA) is 68.5 Å². The molecule has 6 heteroatoms. The molecule has 0 aromatic heterocycles. The van der Waals surface area contributed by atoms with Crippen molar-refractivity contribution in [3.63, 3.8) is 0 Å². The average molecular weight is 274 g/mol. The van der Waals surface area contributed by atoms with Crippen LogP contribution < -0.4 is 10.3 Å². The highest BCUT2D eigenvalue weighted by atomic mass is 19.1. The zero-order chi connectivity index (χ0) is 14.4. The SMILES string of the molecule is N#CCC(=O)N/N=C\c1ccc(N2CCCC2)c(F)c1. The van der Waals surface area contributed by atoms with Gasteiger partial charge >= 0.3 is 0 Å². The highest BCUT2D eigenvalue weighted by Gasteiger charge is 2.15. The van der Waals surface area contributed by atoms with E-state index in [2.05, 4.69) is 10.5 Å². The lowest BCUT2D eigenvalue weighted by atomic mass is 10.2. The van der Waals surface area contributed by atoms with Crippen LogP contribution in [0.25, 0.3) is 0 Å². The van der Waals surface area contributed by atoms with E-state index in [0.29, 0.717) is 11.3 Å². The summed E-state index contributed by atoms with van der Waals surface area (Å²) in [6, 6.07) is 6.56. The fraction of sp³-hybridized carbons (Fsp3) is 0.357. The van der Waals surface area contributed by atoms with Gasteiger partial charge in [-0.25, -0.2) is 9.82 Å². The summed E-state index contributed by atoms with van der Waals surface area (Å²) in [6.45, 7) is 1.77. The van der Waals surface area contributed by atoms with Crippen LogP contribution in [0, 0.1) is 17.1 Å². The Bertz CT molecular complexity index is 559. The Balaban J connectivity index is 2.00. The van der Waals surface area contributed by atoms with E-state index in [1.165, 1.54) is 12.3 Å². The molecule has 0 radical (unpaired) electrons. The van der Waals surface area contributed by atoms with E-state index in [1.54, 1.807) is 18.2 Å². The first-order valence-electron chi connectivity index (χ1n) is 6.44. The van der Waals surface area contributed by atoms with Crippen LogP contribution in [0.5, 0.6) is 0 Å². The number of amides is 1. The number of hydrogen-bond donors (Lipinski definition) is 1. The molecule has 0 spiro atoms. The number of nitrogens with one attached hydrogen (secondary N) is 1. The van der Waals surface area contributed by atoms with Crippen molar-refractivity contribution in [2.24, 2.45) is 5.10 Å². The van der Waals surface area contributed by atoms with E-state index in [0.717, 1.165) is 25.9 Å². The second-order valence-corrected chi connectivity index (χ2v) is 4.53. The van der Waals surface area contributed by atoms with Crippen LogP contribution >= 0.6 is 0 Å². The number of nitriles is 1. The first-order valence-corrected chi connectivity index (χ1v) is 6.44. The molecule has 0 aliphatic carbocycles. The van der Waals surface area contributed by atoms with Crippen molar-refractivity contribution in [2.75, 3.05) is 18.0 Å². The minimum atomic E-state index is -0.488. The minimum Gasteiger partial charge on any atom is -0.369 e. The normalized spacial score (nSPS) is 14.5. The summed E-state index contributed by atoms with van der Waals surface area (Å²) >= 11 is 0. The van der Waals surface area contributed by atoms with Gasteiger partial charge in [-0.3, -0.25) is 4.79 Å². The summed E-state index contributed by atoms with van der Waals surface area (Å²) in [7, 11) is 0. The van der Waals surface area contributed by atoms with E-state index >= 15 is 0 Å². The summed E-state index contributed by atoms with van der Waals surface area (Å²) in [5.41, 5.74) is 3.36. The Morgan fingerprint density at radius 2 is 2.25 bits per heavy atom. The van der Waals surface area contributed by atoms with Gasteiger partial charge < -0.3 is 4.90 Å². The van der Waals surface area contributed by atoms with Crippen molar-refractivity contribution in [1.82, 2.24) is 5.43 Å². The Labute approximate surface area is 116 Å². The van der Waals surface area contributed by atoms with E-state index in [9.17, 15) is 9.18 Å². The second kappa shape index (κ2) is 6.66. The number of carbonyl (C=O) groups is 1. The zero-order valence-electron chi connectivity index (χ0n) is 11.0. The smallest absolute Gasteiger partial charge is 0.254 e. The van der Waals surface area contributed by atoms with Crippen molar-refractivity contribution >= 4 is 17.8 Å². The van der Waals surface area contributed by atoms with Crippen molar-refractivity contribution in [3.05, 3.63) is 29.6 Å². The van der Waals surface area contributed by atoms with Gasteiger partial charge in [-0.1, -0.05) is 6.07 Å². The van der Waals surface area contributed by atoms with Gasteiger partial charge in [0, 0.05) is 13.1 Å². The van der Waals surface area contributed by atoms with Gasteiger partial charge in [0.15, 0.2) is 0 Å². The molecule has 5 nitrogen and oxygen atoms in total. The Kier molecular flexibility index (Phi) is 4.66. The fourth-order valence-corrected chi connectivity index (χ4v) is 2.11. The first kappa shape index (κ1) is 14.0. The molecular weight excluding hydrogens is 259 g/mol. The summed E-state index contributed by atoms with van der Waals surface area (Å²) < 4.78 is 14.0. The third-order valence-corrected chi connectivity index (χ3v) is 3.06. The molecule has 1 fully saturated rings. The summed E-state index contributed by atoms with van der Waals surface area (Å²) in [6.07, 6.45) is 3.28. The summed E-state index contributed by atoms with van der Waals surface area (Å²) in [5.74, 6) is -0.780. The van der Waals surface area contributed by atoms with E-state index < -0.39 is 5.91 Å². The molecule has 0 saturated carbocycles. The highest BCUT2D eigenvalue weighted by Crippen LogP contribution is 2.23. The van der Waals surface area contributed by atoms with Gasteiger partial charge in [0.25, 0.3) is 5.91 Å². The second-order valence-electron chi connectivity index (χ2n) is 4.53. The van der Waals surface area contributed by atoms with Crippen LogP contribution in [0.1, 0.15) is 24.8 Å². The van der Waals surface area contributed by atoms with Crippen LogP contribution in [-0.4, -0.2) is 25.2 Å². The molecule has 0 bridgehead atoms. The molecule has 0 atom stereocenters. The van der Waals surface area contributed by atoms with Gasteiger partial charge in [-0.05, 0) is 30.5 Å². The molecule has 1 amide bonds. The quantitative estimate of drug-likeness (QED) is 0.672. The van der Waals surface area contributed by atoms with Crippen molar-refractivity contribution in [3.8, 4) is 6.07 Å². The monoisotopic (exact) mass is 274 g/mol. The Hall–Kier alpha value is -2.42. The lowest BCUT2D eigenvalue weighted by molar-refractivity contribution is -0.120. The molecule has 20 heavy (non-hydrogen) atoms. The van der Waals surface area contributed by atoms with Crippen LogP contribution in [0.4, 0.5) is 10.1 Å². The maximum Gasteiger partial charge on any atom is 0.254 e. The standard InChI is InChI=1S/C14H15FN4O/c15-12-9-11(10-17-18-14(20)5-6-16)3-4-13(12)19-7-1-2-8-19/h3-4,9-10H,1-2,5,7-8H2,(H,18,20)/b17-10-. The van der Waals surface area contributed by atoms with Crippen LogP contribution in [0.3, 0.4) is 0 Å². The van der Waals surface area contributed by atoms with E-state index in [1.807, 2.05) is 4.90 Å². The molecule has 0 unspecified atom stereocenters. The minimum absolute atomic E-state index is 0.250. The van der Waals surface area contributed by atoms with E-state index in [-0.39, 0.29) is 12.2 Å².